The smallest absolute Gasteiger partial charge is 0.226 e. The number of benzene rings is 2. The van der Waals surface area contributed by atoms with Crippen molar-refractivity contribution in [2.45, 2.75) is 33.1 Å². The van der Waals surface area contributed by atoms with Gasteiger partial charge in [0, 0.05) is 29.9 Å². The summed E-state index contributed by atoms with van der Waals surface area (Å²) in [5, 5.41) is 6.07. The van der Waals surface area contributed by atoms with Gasteiger partial charge in [0.1, 0.15) is 0 Å². The summed E-state index contributed by atoms with van der Waals surface area (Å²) in [4.78, 5) is 23.2. The van der Waals surface area contributed by atoms with E-state index in [1.807, 2.05) is 36.4 Å². The molecule has 0 saturated carbocycles. The van der Waals surface area contributed by atoms with Gasteiger partial charge in [-0.15, -0.1) is 0 Å². The molecule has 2 N–H and O–H groups in total. The zero-order chi connectivity index (χ0) is 17.5. The molecule has 0 aliphatic heterocycles. The van der Waals surface area contributed by atoms with E-state index in [4.69, 9.17) is 0 Å². The fourth-order valence-corrected chi connectivity index (χ4v) is 2.32. The number of amides is 1. The first kappa shape index (κ1) is 17.7. The summed E-state index contributed by atoms with van der Waals surface area (Å²) >= 11 is 0. The third kappa shape index (κ3) is 5.23. The fraction of sp³-hybridized carbons (Fsp3) is 0.300. The van der Waals surface area contributed by atoms with E-state index in [1.165, 1.54) is 5.56 Å². The molecule has 0 atom stereocenters. The molecule has 2 aromatic carbocycles. The number of rotatable bonds is 7. The minimum Gasteiger partial charge on any atom is -0.385 e. The van der Waals surface area contributed by atoms with Gasteiger partial charge in [0.2, 0.25) is 5.91 Å². The van der Waals surface area contributed by atoms with Gasteiger partial charge in [0.15, 0.2) is 5.78 Å². The van der Waals surface area contributed by atoms with Crippen molar-refractivity contribution < 1.29 is 9.59 Å². The van der Waals surface area contributed by atoms with Crippen LogP contribution in [0.25, 0.3) is 0 Å². The molecule has 1 amide bonds. The van der Waals surface area contributed by atoms with Gasteiger partial charge in [0.05, 0.1) is 0 Å². The molecule has 0 aromatic heterocycles. The van der Waals surface area contributed by atoms with Crippen LogP contribution in [0.1, 0.15) is 49.0 Å². The highest BCUT2D eigenvalue weighted by molar-refractivity contribution is 5.94. The monoisotopic (exact) mass is 324 g/mol. The number of carbonyl (C=O) groups is 2. The molecule has 0 radical (unpaired) electrons. The van der Waals surface area contributed by atoms with Gasteiger partial charge in [-0.3, -0.25) is 9.59 Å². The Morgan fingerprint density at radius 2 is 1.50 bits per heavy atom. The van der Waals surface area contributed by atoms with Crippen molar-refractivity contribution in [3.05, 3.63) is 59.7 Å². The maximum absolute atomic E-state index is 12.0. The average molecular weight is 324 g/mol. The Morgan fingerprint density at radius 3 is 2.04 bits per heavy atom. The minimum absolute atomic E-state index is 0.0276. The molecule has 0 aliphatic rings. The second-order valence-electron chi connectivity index (χ2n) is 6.14. The van der Waals surface area contributed by atoms with E-state index in [2.05, 4.69) is 24.5 Å². The Kier molecular flexibility index (Phi) is 6.13. The van der Waals surface area contributed by atoms with E-state index < -0.39 is 0 Å². The van der Waals surface area contributed by atoms with Crippen molar-refractivity contribution >= 4 is 23.1 Å². The van der Waals surface area contributed by atoms with Crippen LogP contribution in [0.3, 0.4) is 0 Å². The number of hydrogen-bond donors (Lipinski definition) is 2. The SMILES string of the molecule is CC(=O)c1ccc(NCCC(=O)Nc2ccc(C(C)C)cc2)cc1. The lowest BCUT2D eigenvalue weighted by atomic mass is 10.0. The first-order valence-corrected chi connectivity index (χ1v) is 8.20. The van der Waals surface area contributed by atoms with Gasteiger partial charge in [-0.1, -0.05) is 26.0 Å². The summed E-state index contributed by atoms with van der Waals surface area (Å²) in [5.41, 5.74) is 3.65. The molecule has 0 saturated heterocycles. The Morgan fingerprint density at radius 1 is 0.917 bits per heavy atom. The van der Waals surface area contributed by atoms with Crippen LogP contribution in [-0.2, 0) is 4.79 Å². The molecule has 24 heavy (non-hydrogen) atoms. The number of carbonyl (C=O) groups excluding carboxylic acids is 2. The maximum Gasteiger partial charge on any atom is 0.226 e. The molecular weight excluding hydrogens is 300 g/mol. The Hall–Kier alpha value is -2.62. The second-order valence-corrected chi connectivity index (χ2v) is 6.14. The molecule has 0 spiro atoms. The first-order chi connectivity index (χ1) is 11.5. The van der Waals surface area contributed by atoms with Gasteiger partial charge < -0.3 is 10.6 Å². The van der Waals surface area contributed by atoms with Gasteiger partial charge in [0.25, 0.3) is 0 Å². The maximum atomic E-state index is 12.0. The normalized spacial score (nSPS) is 10.5. The van der Waals surface area contributed by atoms with Crippen molar-refractivity contribution in [2.24, 2.45) is 0 Å². The summed E-state index contributed by atoms with van der Waals surface area (Å²) in [5.74, 6) is 0.498. The largest absolute Gasteiger partial charge is 0.385 e. The van der Waals surface area contributed by atoms with E-state index in [0.29, 0.717) is 24.4 Å². The van der Waals surface area contributed by atoms with Gasteiger partial charge in [-0.05, 0) is 54.8 Å². The van der Waals surface area contributed by atoms with Crippen LogP contribution in [0.5, 0.6) is 0 Å². The van der Waals surface area contributed by atoms with Crippen LogP contribution in [0.2, 0.25) is 0 Å². The molecule has 0 heterocycles. The van der Waals surface area contributed by atoms with Crippen LogP contribution in [-0.4, -0.2) is 18.2 Å². The number of hydrogen-bond acceptors (Lipinski definition) is 3. The number of Topliss-reactive ketones (excluding diaryl/α,β-unsaturated/α-hetero) is 1. The third-order valence-corrected chi connectivity index (χ3v) is 3.83. The van der Waals surface area contributed by atoms with E-state index >= 15 is 0 Å². The predicted octanol–water partition coefficient (Wildman–Crippen LogP) is 4.45. The standard InChI is InChI=1S/C20H24N2O2/c1-14(2)16-4-10-19(11-5-16)22-20(24)12-13-21-18-8-6-17(7-9-18)15(3)23/h4-11,14,21H,12-13H2,1-3H3,(H,22,24). The van der Waals surface area contributed by atoms with Gasteiger partial charge in [-0.25, -0.2) is 0 Å². The van der Waals surface area contributed by atoms with Crippen LogP contribution in [0, 0.1) is 0 Å². The van der Waals surface area contributed by atoms with Crippen LogP contribution < -0.4 is 10.6 Å². The molecule has 2 aromatic rings. The lowest BCUT2D eigenvalue weighted by molar-refractivity contribution is -0.115. The van der Waals surface area contributed by atoms with Crippen LogP contribution in [0.4, 0.5) is 11.4 Å². The molecule has 4 heteroatoms. The minimum atomic E-state index is -0.0276. The molecule has 0 unspecified atom stereocenters. The molecular formula is C20H24N2O2. The number of anilines is 2. The van der Waals surface area contributed by atoms with E-state index in [9.17, 15) is 9.59 Å². The molecule has 0 fully saturated rings. The van der Waals surface area contributed by atoms with E-state index in [-0.39, 0.29) is 11.7 Å². The highest BCUT2D eigenvalue weighted by Gasteiger charge is 2.04. The average Bonchev–Trinajstić information content (AvgIpc) is 2.55. The molecule has 126 valence electrons. The quantitative estimate of drug-likeness (QED) is 0.740. The Labute approximate surface area is 143 Å². The highest BCUT2D eigenvalue weighted by atomic mass is 16.1. The zero-order valence-corrected chi connectivity index (χ0v) is 14.4. The summed E-state index contributed by atoms with van der Waals surface area (Å²) in [7, 11) is 0. The van der Waals surface area contributed by atoms with Gasteiger partial charge >= 0.3 is 0 Å². The van der Waals surface area contributed by atoms with Crippen molar-refractivity contribution in [3.8, 4) is 0 Å². The van der Waals surface area contributed by atoms with Crippen LogP contribution >= 0.6 is 0 Å². The van der Waals surface area contributed by atoms with Crippen molar-refractivity contribution in [1.29, 1.82) is 0 Å². The van der Waals surface area contributed by atoms with Crippen molar-refractivity contribution in [3.63, 3.8) is 0 Å². The fourth-order valence-electron chi connectivity index (χ4n) is 2.32. The molecule has 0 bridgehead atoms. The first-order valence-electron chi connectivity index (χ1n) is 8.20. The summed E-state index contributed by atoms with van der Waals surface area (Å²) in [6.07, 6.45) is 0.375. The zero-order valence-electron chi connectivity index (χ0n) is 14.4. The van der Waals surface area contributed by atoms with Crippen molar-refractivity contribution in [2.75, 3.05) is 17.2 Å². The second kappa shape index (κ2) is 8.29. The molecule has 4 nitrogen and oxygen atoms in total. The van der Waals surface area contributed by atoms with E-state index in [1.54, 1.807) is 19.1 Å². The molecule has 0 aliphatic carbocycles. The predicted molar refractivity (Wildman–Crippen MR) is 98.7 cm³/mol. The lowest BCUT2D eigenvalue weighted by Crippen LogP contribution is -2.16. The summed E-state index contributed by atoms with van der Waals surface area (Å²) in [6, 6.07) is 15.2. The Bertz CT molecular complexity index is 689. The summed E-state index contributed by atoms with van der Waals surface area (Å²) in [6.45, 7) is 6.36. The van der Waals surface area contributed by atoms with Crippen molar-refractivity contribution in [1.82, 2.24) is 0 Å². The highest BCUT2D eigenvalue weighted by Crippen LogP contribution is 2.17. The Balaban J connectivity index is 1.77. The van der Waals surface area contributed by atoms with Crippen LogP contribution in [0.15, 0.2) is 48.5 Å². The topological polar surface area (TPSA) is 58.2 Å². The number of nitrogens with one attached hydrogen (secondary N) is 2. The number of ketones is 1. The van der Waals surface area contributed by atoms with Gasteiger partial charge in [-0.2, -0.15) is 0 Å². The van der Waals surface area contributed by atoms with E-state index in [0.717, 1.165) is 11.4 Å². The third-order valence-electron chi connectivity index (χ3n) is 3.83. The lowest BCUT2D eigenvalue weighted by Gasteiger charge is -2.09. The molecule has 2 rings (SSSR count). The summed E-state index contributed by atoms with van der Waals surface area (Å²) < 4.78 is 0.